The highest BCUT2D eigenvalue weighted by atomic mass is 35.5. The van der Waals surface area contributed by atoms with Crippen molar-refractivity contribution in [2.45, 2.75) is 6.92 Å². The first kappa shape index (κ1) is 9.42. The first-order valence-corrected chi connectivity index (χ1v) is 4.72. The van der Waals surface area contributed by atoms with Crippen LogP contribution in [0.5, 0.6) is 0 Å². The van der Waals surface area contributed by atoms with Crippen molar-refractivity contribution in [1.82, 2.24) is 8.75 Å². The van der Waals surface area contributed by atoms with Gasteiger partial charge in [-0.05, 0) is 18.6 Å². The second-order valence-corrected chi connectivity index (χ2v) is 3.09. The molecule has 0 saturated carbocycles. The van der Waals surface area contributed by atoms with E-state index >= 15 is 0 Å². The van der Waals surface area contributed by atoms with Gasteiger partial charge in [0.15, 0.2) is 0 Å². The van der Waals surface area contributed by atoms with Crippen LogP contribution in [0.15, 0.2) is 18.2 Å². The van der Waals surface area contributed by atoms with Gasteiger partial charge in [-0.3, -0.25) is 0 Å². The van der Waals surface area contributed by atoms with E-state index in [1.165, 1.54) is 11.7 Å². The highest BCUT2D eigenvalue weighted by molar-refractivity contribution is 6.99. The molecule has 0 aliphatic carbocycles. The molecule has 0 aromatic carbocycles. The second-order valence-electron chi connectivity index (χ2n) is 2.29. The van der Waals surface area contributed by atoms with Crippen molar-refractivity contribution in [3.05, 3.63) is 29.6 Å². The first-order valence-electron chi connectivity index (χ1n) is 3.46. The number of aryl methyl sites for hydroxylation is 1. The van der Waals surface area contributed by atoms with E-state index in [4.69, 9.17) is 11.6 Å². The molecule has 0 saturated heterocycles. The van der Waals surface area contributed by atoms with Crippen molar-refractivity contribution in [1.29, 1.82) is 0 Å². The SMILES string of the molecule is C=CC(=Cc1nsnc1C)CCl. The van der Waals surface area contributed by atoms with Crippen LogP contribution < -0.4 is 0 Å². The third-order valence-electron chi connectivity index (χ3n) is 1.43. The first-order chi connectivity index (χ1) is 5.77. The van der Waals surface area contributed by atoms with Gasteiger partial charge in [-0.15, -0.1) is 11.6 Å². The van der Waals surface area contributed by atoms with Gasteiger partial charge in [0.1, 0.15) is 5.69 Å². The number of nitrogens with zero attached hydrogens (tertiary/aromatic N) is 2. The number of hydrogen-bond acceptors (Lipinski definition) is 3. The van der Waals surface area contributed by atoms with Crippen molar-refractivity contribution in [2.75, 3.05) is 5.88 Å². The van der Waals surface area contributed by atoms with Gasteiger partial charge in [0, 0.05) is 5.88 Å². The normalized spacial score (nSPS) is 11.7. The highest BCUT2D eigenvalue weighted by Gasteiger charge is 1.99. The molecular formula is C8H9ClN2S. The minimum atomic E-state index is 0.459. The van der Waals surface area contributed by atoms with Crippen molar-refractivity contribution >= 4 is 29.4 Å². The van der Waals surface area contributed by atoms with E-state index < -0.39 is 0 Å². The number of halogens is 1. The third-order valence-corrected chi connectivity index (χ3v) is 2.37. The zero-order valence-corrected chi connectivity index (χ0v) is 8.32. The van der Waals surface area contributed by atoms with Crippen LogP contribution in [0.1, 0.15) is 11.4 Å². The smallest absolute Gasteiger partial charge is 0.100 e. The molecule has 0 radical (unpaired) electrons. The number of aromatic nitrogens is 2. The van der Waals surface area contributed by atoms with Gasteiger partial charge >= 0.3 is 0 Å². The lowest BCUT2D eigenvalue weighted by Crippen LogP contribution is -1.82. The summed E-state index contributed by atoms with van der Waals surface area (Å²) in [6.07, 6.45) is 3.63. The fraction of sp³-hybridized carbons (Fsp3) is 0.250. The van der Waals surface area contributed by atoms with Crippen molar-refractivity contribution in [3.63, 3.8) is 0 Å². The molecule has 1 heterocycles. The fourth-order valence-corrected chi connectivity index (χ4v) is 1.41. The standard InChI is InChI=1S/C8H9ClN2S/c1-3-7(5-9)4-8-6(2)10-12-11-8/h3-4H,1,5H2,2H3. The van der Waals surface area contributed by atoms with Crippen molar-refractivity contribution in [2.24, 2.45) is 0 Å². The summed E-state index contributed by atoms with van der Waals surface area (Å²) in [6.45, 7) is 5.57. The Labute approximate surface area is 80.9 Å². The fourth-order valence-electron chi connectivity index (χ4n) is 0.697. The Hall–Kier alpha value is -0.670. The van der Waals surface area contributed by atoms with E-state index in [9.17, 15) is 0 Å². The molecule has 1 aromatic heterocycles. The van der Waals surface area contributed by atoms with E-state index in [1.54, 1.807) is 6.08 Å². The molecule has 0 unspecified atom stereocenters. The van der Waals surface area contributed by atoms with Gasteiger partial charge in [-0.25, -0.2) is 0 Å². The van der Waals surface area contributed by atoms with E-state index in [1.807, 2.05) is 13.0 Å². The Morgan fingerprint density at radius 3 is 2.83 bits per heavy atom. The Kier molecular flexibility index (Phi) is 3.44. The second kappa shape index (κ2) is 4.38. The summed E-state index contributed by atoms with van der Waals surface area (Å²) in [6, 6.07) is 0. The van der Waals surface area contributed by atoms with Crippen LogP contribution in [-0.4, -0.2) is 14.6 Å². The van der Waals surface area contributed by atoms with Crippen molar-refractivity contribution < 1.29 is 0 Å². The minimum Gasteiger partial charge on any atom is -0.178 e. The largest absolute Gasteiger partial charge is 0.178 e. The van der Waals surface area contributed by atoms with E-state index in [2.05, 4.69) is 15.3 Å². The summed E-state index contributed by atoms with van der Waals surface area (Å²) in [5.41, 5.74) is 2.78. The van der Waals surface area contributed by atoms with Crippen LogP contribution in [0, 0.1) is 6.92 Å². The number of hydrogen-bond donors (Lipinski definition) is 0. The molecule has 12 heavy (non-hydrogen) atoms. The third kappa shape index (κ3) is 2.16. The average molecular weight is 201 g/mol. The Morgan fingerprint density at radius 2 is 2.42 bits per heavy atom. The van der Waals surface area contributed by atoms with Gasteiger partial charge in [0.2, 0.25) is 0 Å². The Balaban J connectivity index is 2.92. The van der Waals surface area contributed by atoms with Crippen LogP contribution in [0.3, 0.4) is 0 Å². The summed E-state index contributed by atoms with van der Waals surface area (Å²) >= 11 is 6.86. The minimum absolute atomic E-state index is 0.459. The maximum Gasteiger partial charge on any atom is 0.100 e. The summed E-state index contributed by atoms with van der Waals surface area (Å²) in [5.74, 6) is 0.459. The molecule has 0 aliphatic rings. The van der Waals surface area contributed by atoms with Crippen LogP contribution in [0.25, 0.3) is 6.08 Å². The van der Waals surface area contributed by atoms with Gasteiger partial charge in [-0.1, -0.05) is 12.7 Å². The number of rotatable bonds is 3. The molecule has 0 spiro atoms. The zero-order valence-electron chi connectivity index (χ0n) is 6.75. The Bertz CT molecular complexity index is 304. The predicted octanol–water partition coefficient (Wildman–Crippen LogP) is 2.65. The summed E-state index contributed by atoms with van der Waals surface area (Å²) in [4.78, 5) is 0. The molecule has 0 bridgehead atoms. The lowest BCUT2D eigenvalue weighted by Gasteiger charge is -1.92. The van der Waals surface area contributed by atoms with Gasteiger partial charge in [-0.2, -0.15) is 8.75 Å². The molecule has 2 nitrogen and oxygen atoms in total. The molecule has 0 aliphatic heterocycles. The average Bonchev–Trinajstić information content (AvgIpc) is 2.47. The van der Waals surface area contributed by atoms with Crippen LogP contribution in [-0.2, 0) is 0 Å². The number of alkyl halides is 1. The molecule has 0 fully saturated rings. The molecule has 0 amide bonds. The van der Waals surface area contributed by atoms with Gasteiger partial charge < -0.3 is 0 Å². The molecule has 1 aromatic rings. The van der Waals surface area contributed by atoms with Gasteiger partial charge in [0.25, 0.3) is 0 Å². The van der Waals surface area contributed by atoms with Crippen molar-refractivity contribution in [3.8, 4) is 0 Å². The summed E-state index contributed by atoms with van der Waals surface area (Å²) in [5, 5.41) is 0. The van der Waals surface area contributed by atoms with E-state index in [0.717, 1.165) is 17.0 Å². The van der Waals surface area contributed by atoms with E-state index in [-0.39, 0.29) is 0 Å². The predicted molar refractivity (Wildman–Crippen MR) is 53.5 cm³/mol. The van der Waals surface area contributed by atoms with Crippen LogP contribution in [0.4, 0.5) is 0 Å². The monoisotopic (exact) mass is 200 g/mol. The topological polar surface area (TPSA) is 25.8 Å². The van der Waals surface area contributed by atoms with Gasteiger partial charge in [0.05, 0.1) is 17.4 Å². The molecule has 4 heteroatoms. The van der Waals surface area contributed by atoms with Crippen LogP contribution in [0.2, 0.25) is 0 Å². The maximum atomic E-state index is 5.65. The zero-order chi connectivity index (χ0) is 8.97. The number of allylic oxidation sites excluding steroid dienone is 2. The molecular weight excluding hydrogens is 192 g/mol. The molecule has 64 valence electrons. The maximum absolute atomic E-state index is 5.65. The van der Waals surface area contributed by atoms with Crippen LogP contribution >= 0.6 is 23.3 Å². The lowest BCUT2D eigenvalue weighted by molar-refractivity contribution is 1.29. The summed E-state index contributed by atoms with van der Waals surface area (Å²) < 4.78 is 8.15. The molecule has 0 N–H and O–H groups in total. The molecule has 1 rings (SSSR count). The van der Waals surface area contributed by atoms with E-state index in [0.29, 0.717) is 5.88 Å². The molecule has 0 atom stereocenters. The quantitative estimate of drug-likeness (QED) is 0.554. The lowest BCUT2D eigenvalue weighted by atomic mass is 10.2. The highest BCUT2D eigenvalue weighted by Crippen LogP contribution is 2.11. The Morgan fingerprint density at radius 1 is 1.67 bits per heavy atom. The summed E-state index contributed by atoms with van der Waals surface area (Å²) in [7, 11) is 0.